The number of piperidine rings is 1. The number of alkyl halides is 1. The molecule has 1 saturated heterocycles. The van der Waals surface area contributed by atoms with Gasteiger partial charge >= 0.3 is 0 Å². The third-order valence-corrected chi connectivity index (χ3v) is 2.08. The van der Waals surface area contributed by atoms with Crippen LogP contribution in [-0.4, -0.2) is 29.6 Å². The Morgan fingerprint density at radius 2 is 2.29 bits per heavy atom. The largest absolute Gasteiger partial charge is 0.344 e. The number of carbonyl (C=O) groups excluding carboxylic acids is 3. The average Bonchev–Trinajstić information content (AvgIpc) is 2.10. The van der Waals surface area contributed by atoms with Gasteiger partial charge in [-0.2, -0.15) is 0 Å². The van der Waals surface area contributed by atoms with Gasteiger partial charge in [0.2, 0.25) is 17.7 Å². The molecule has 0 aromatic carbocycles. The summed E-state index contributed by atoms with van der Waals surface area (Å²) in [6.07, 6.45) is 0.801. The Labute approximate surface area is 86.2 Å². The standard InChI is InChI=1S/C8H11ClN2O3/c9-4-3-7(13)10-5-1-2-6(12)11-8(5)14/h5H,1-4H2,(H,10,13)(H,11,12,14). The SMILES string of the molecule is O=C1CCC(NC(=O)CCCl)C(=O)N1. The van der Waals surface area contributed by atoms with Crippen molar-refractivity contribution < 1.29 is 14.4 Å². The number of hydrogen-bond acceptors (Lipinski definition) is 3. The maximum atomic E-state index is 11.2. The summed E-state index contributed by atoms with van der Waals surface area (Å²) in [6, 6.07) is -0.594. The number of imide groups is 1. The smallest absolute Gasteiger partial charge is 0.249 e. The first-order valence-electron chi connectivity index (χ1n) is 4.32. The Hall–Kier alpha value is -1.10. The molecule has 3 amide bonds. The van der Waals surface area contributed by atoms with Crippen LogP contribution in [0.4, 0.5) is 0 Å². The van der Waals surface area contributed by atoms with Crippen molar-refractivity contribution in [3.63, 3.8) is 0 Å². The van der Waals surface area contributed by atoms with Crippen molar-refractivity contribution in [2.45, 2.75) is 25.3 Å². The van der Waals surface area contributed by atoms with Crippen LogP contribution in [0, 0.1) is 0 Å². The van der Waals surface area contributed by atoms with Gasteiger partial charge in [-0.3, -0.25) is 19.7 Å². The van der Waals surface area contributed by atoms with Gasteiger partial charge in [0.15, 0.2) is 0 Å². The number of halogens is 1. The maximum absolute atomic E-state index is 11.2. The van der Waals surface area contributed by atoms with Crippen LogP contribution in [0.15, 0.2) is 0 Å². The molecule has 0 aromatic rings. The van der Waals surface area contributed by atoms with Crippen molar-refractivity contribution >= 4 is 29.3 Å². The lowest BCUT2D eigenvalue weighted by atomic mass is 10.1. The van der Waals surface area contributed by atoms with Crippen LogP contribution in [0.2, 0.25) is 0 Å². The summed E-state index contributed by atoms with van der Waals surface area (Å²) in [6.45, 7) is 0. The van der Waals surface area contributed by atoms with E-state index in [2.05, 4.69) is 10.6 Å². The summed E-state index contributed by atoms with van der Waals surface area (Å²) in [4.78, 5) is 33.0. The van der Waals surface area contributed by atoms with Gasteiger partial charge in [0, 0.05) is 18.7 Å². The van der Waals surface area contributed by atoms with Crippen molar-refractivity contribution in [3.8, 4) is 0 Å². The highest BCUT2D eigenvalue weighted by Crippen LogP contribution is 2.04. The highest BCUT2D eigenvalue weighted by atomic mass is 35.5. The molecule has 0 saturated carbocycles. The van der Waals surface area contributed by atoms with Gasteiger partial charge in [0.05, 0.1) is 0 Å². The van der Waals surface area contributed by atoms with Gasteiger partial charge in [-0.05, 0) is 6.42 Å². The van der Waals surface area contributed by atoms with E-state index < -0.39 is 11.9 Å². The van der Waals surface area contributed by atoms with Crippen molar-refractivity contribution in [1.82, 2.24) is 10.6 Å². The minimum Gasteiger partial charge on any atom is -0.344 e. The first-order valence-corrected chi connectivity index (χ1v) is 4.86. The van der Waals surface area contributed by atoms with E-state index in [1.807, 2.05) is 0 Å². The minimum absolute atomic E-state index is 0.180. The fourth-order valence-corrected chi connectivity index (χ4v) is 1.36. The van der Waals surface area contributed by atoms with E-state index in [-0.39, 0.29) is 30.5 Å². The summed E-state index contributed by atoms with van der Waals surface area (Å²) < 4.78 is 0. The van der Waals surface area contributed by atoms with Crippen molar-refractivity contribution in [1.29, 1.82) is 0 Å². The molecule has 1 aliphatic rings. The molecule has 0 bridgehead atoms. The zero-order chi connectivity index (χ0) is 10.6. The molecule has 1 heterocycles. The number of nitrogens with one attached hydrogen (secondary N) is 2. The topological polar surface area (TPSA) is 75.3 Å². The van der Waals surface area contributed by atoms with E-state index in [1.165, 1.54) is 0 Å². The summed E-state index contributed by atoms with van der Waals surface area (Å²) in [7, 11) is 0. The molecule has 1 unspecified atom stereocenters. The molecule has 2 N–H and O–H groups in total. The predicted molar refractivity (Wildman–Crippen MR) is 49.7 cm³/mol. The van der Waals surface area contributed by atoms with E-state index in [9.17, 15) is 14.4 Å². The van der Waals surface area contributed by atoms with Crippen molar-refractivity contribution in [2.24, 2.45) is 0 Å². The molecular formula is C8H11ClN2O3. The lowest BCUT2D eigenvalue weighted by Crippen LogP contribution is -2.52. The molecule has 0 aliphatic carbocycles. The van der Waals surface area contributed by atoms with E-state index in [4.69, 9.17) is 11.6 Å². The molecule has 14 heavy (non-hydrogen) atoms. The van der Waals surface area contributed by atoms with Crippen LogP contribution < -0.4 is 10.6 Å². The molecule has 5 nitrogen and oxygen atoms in total. The average molecular weight is 219 g/mol. The number of rotatable bonds is 3. The van der Waals surface area contributed by atoms with E-state index in [0.29, 0.717) is 6.42 Å². The van der Waals surface area contributed by atoms with Gasteiger partial charge in [0.25, 0.3) is 0 Å². The quantitative estimate of drug-likeness (QED) is 0.497. The first-order chi connectivity index (χ1) is 6.63. The van der Waals surface area contributed by atoms with Crippen molar-refractivity contribution in [2.75, 3.05) is 5.88 Å². The zero-order valence-corrected chi connectivity index (χ0v) is 8.26. The Morgan fingerprint density at radius 1 is 1.57 bits per heavy atom. The van der Waals surface area contributed by atoms with Gasteiger partial charge in [-0.1, -0.05) is 0 Å². The summed E-state index contributed by atoms with van der Waals surface area (Å²) in [5.74, 6) is -0.782. The van der Waals surface area contributed by atoms with Crippen LogP contribution in [-0.2, 0) is 14.4 Å². The fourth-order valence-electron chi connectivity index (χ4n) is 1.18. The molecule has 0 spiro atoms. The van der Waals surface area contributed by atoms with Crippen LogP contribution in [0.5, 0.6) is 0 Å². The summed E-state index contributed by atoms with van der Waals surface area (Å²) in [5.41, 5.74) is 0. The monoisotopic (exact) mass is 218 g/mol. The van der Waals surface area contributed by atoms with E-state index in [1.54, 1.807) is 0 Å². The normalized spacial score (nSPS) is 21.6. The summed E-state index contributed by atoms with van der Waals surface area (Å²) >= 11 is 5.36. The molecule has 1 atom stereocenters. The Bertz CT molecular complexity index is 267. The second kappa shape index (κ2) is 4.95. The number of hydrogen-bond donors (Lipinski definition) is 2. The molecule has 0 radical (unpaired) electrons. The number of carbonyl (C=O) groups is 3. The third-order valence-electron chi connectivity index (χ3n) is 1.90. The lowest BCUT2D eigenvalue weighted by molar-refractivity contribution is -0.137. The molecule has 1 aliphatic heterocycles. The summed E-state index contributed by atoms with van der Waals surface area (Å²) in [5, 5.41) is 4.65. The second-order valence-corrected chi connectivity index (χ2v) is 3.39. The van der Waals surface area contributed by atoms with Crippen LogP contribution >= 0.6 is 11.6 Å². The second-order valence-electron chi connectivity index (χ2n) is 3.01. The molecule has 1 fully saturated rings. The maximum Gasteiger partial charge on any atom is 0.249 e. The molecular weight excluding hydrogens is 208 g/mol. The number of amides is 3. The molecule has 6 heteroatoms. The lowest BCUT2D eigenvalue weighted by Gasteiger charge is -2.21. The zero-order valence-electron chi connectivity index (χ0n) is 7.51. The molecule has 1 rings (SSSR count). The van der Waals surface area contributed by atoms with Crippen molar-refractivity contribution in [3.05, 3.63) is 0 Å². The van der Waals surface area contributed by atoms with Gasteiger partial charge in [-0.25, -0.2) is 0 Å². The molecule has 78 valence electrons. The third kappa shape index (κ3) is 2.99. The van der Waals surface area contributed by atoms with E-state index >= 15 is 0 Å². The Morgan fingerprint density at radius 3 is 2.86 bits per heavy atom. The van der Waals surface area contributed by atoms with Gasteiger partial charge in [0.1, 0.15) is 6.04 Å². The van der Waals surface area contributed by atoms with E-state index in [0.717, 1.165) is 0 Å². The van der Waals surface area contributed by atoms with Crippen LogP contribution in [0.25, 0.3) is 0 Å². The Balaban J connectivity index is 2.41. The van der Waals surface area contributed by atoms with Gasteiger partial charge < -0.3 is 5.32 Å². The first kappa shape index (κ1) is 11.0. The molecule has 0 aromatic heterocycles. The predicted octanol–water partition coefficient (Wildman–Crippen LogP) is -0.463. The highest BCUT2D eigenvalue weighted by Gasteiger charge is 2.27. The fraction of sp³-hybridized carbons (Fsp3) is 0.625. The van der Waals surface area contributed by atoms with Gasteiger partial charge in [-0.15, -0.1) is 11.6 Å². The van der Waals surface area contributed by atoms with Crippen LogP contribution in [0.3, 0.4) is 0 Å². The van der Waals surface area contributed by atoms with Crippen LogP contribution in [0.1, 0.15) is 19.3 Å². The minimum atomic E-state index is -0.594. The highest BCUT2D eigenvalue weighted by molar-refractivity contribution is 6.19. The Kier molecular flexibility index (Phi) is 3.88.